The highest BCUT2D eigenvalue weighted by atomic mass is 15.2. The second-order valence-electron chi connectivity index (χ2n) is 5.49. The average Bonchev–Trinajstić information content (AvgIpc) is 2.77. The molecule has 0 bridgehead atoms. The summed E-state index contributed by atoms with van der Waals surface area (Å²) in [6.45, 7) is 7.40. The van der Waals surface area contributed by atoms with E-state index in [4.69, 9.17) is 0 Å². The third-order valence-electron chi connectivity index (χ3n) is 4.13. The Kier molecular flexibility index (Phi) is 3.65. The van der Waals surface area contributed by atoms with E-state index in [1.807, 2.05) is 0 Å². The van der Waals surface area contributed by atoms with Crippen LogP contribution in [-0.2, 0) is 0 Å². The monoisotopic (exact) mass is 211 g/mol. The number of nitrogens with zero attached hydrogens (tertiary/aromatic N) is 2. The molecule has 2 rings (SSSR count). The molecule has 2 fully saturated rings. The number of nitrogens with one attached hydrogen (secondary N) is 1. The number of likely N-dealkylation sites (tertiary alicyclic amines) is 1. The van der Waals surface area contributed by atoms with E-state index < -0.39 is 0 Å². The summed E-state index contributed by atoms with van der Waals surface area (Å²) < 4.78 is 0. The van der Waals surface area contributed by atoms with Gasteiger partial charge < -0.3 is 15.1 Å². The van der Waals surface area contributed by atoms with E-state index >= 15 is 0 Å². The molecule has 2 aliphatic heterocycles. The molecule has 3 unspecified atom stereocenters. The van der Waals surface area contributed by atoms with Crippen molar-refractivity contribution >= 4 is 0 Å². The van der Waals surface area contributed by atoms with Gasteiger partial charge in [-0.2, -0.15) is 0 Å². The Bertz CT molecular complexity index is 205. The maximum Gasteiger partial charge on any atom is 0.0229 e. The van der Waals surface area contributed by atoms with E-state index in [0.29, 0.717) is 0 Å². The summed E-state index contributed by atoms with van der Waals surface area (Å²) >= 11 is 0. The van der Waals surface area contributed by atoms with E-state index in [2.05, 4.69) is 36.1 Å². The Balaban J connectivity index is 1.77. The van der Waals surface area contributed by atoms with Gasteiger partial charge in [0.1, 0.15) is 0 Å². The van der Waals surface area contributed by atoms with E-state index in [1.165, 1.54) is 39.0 Å². The van der Waals surface area contributed by atoms with Gasteiger partial charge in [0.05, 0.1) is 0 Å². The molecule has 1 N–H and O–H groups in total. The zero-order valence-electron chi connectivity index (χ0n) is 10.4. The highest BCUT2D eigenvalue weighted by molar-refractivity contribution is 4.88. The van der Waals surface area contributed by atoms with Gasteiger partial charge in [-0.3, -0.25) is 0 Å². The molecule has 0 aliphatic carbocycles. The number of hydrogen-bond acceptors (Lipinski definition) is 3. The molecule has 0 aromatic carbocycles. The van der Waals surface area contributed by atoms with Crippen LogP contribution in [0.4, 0.5) is 0 Å². The molecular weight excluding hydrogens is 186 g/mol. The molecule has 0 amide bonds. The summed E-state index contributed by atoms with van der Waals surface area (Å²) in [5, 5.41) is 3.62. The number of hydrogen-bond donors (Lipinski definition) is 1. The highest BCUT2D eigenvalue weighted by Crippen LogP contribution is 2.19. The molecule has 0 aromatic heterocycles. The Morgan fingerprint density at radius 2 is 2.13 bits per heavy atom. The van der Waals surface area contributed by atoms with Crippen molar-refractivity contribution < 1.29 is 0 Å². The molecule has 2 aliphatic rings. The van der Waals surface area contributed by atoms with Crippen LogP contribution in [0.25, 0.3) is 0 Å². The zero-order chi connectivity index (χ0) is 10.8. The fraction of sp³-hybridized carbons (Fsp3) is 1.00. The molecule has 15 heavy (non-hydrogen) atoms. The number of rotatable bonds is 3. The van der Waals surface area contributed by atoms with E-state index in [-0.39, 0.29) is 0 Å². The first-order valence-electron chi connectivity index (χ1n) is 6.29. The van der Waals surface area contributed by atoms with Gasteiger partial charge in [-0.1, -0.05) is 6.92 Å². The smallest absolute Gasteiger partial charge is 0.0229 e. The molecular formula is C12H25N3. The SMILES string of the molecule is CC1CCNC1CN1CCC(N(C)C)C1. The summed E-state index contributed by atoms with van der Waals surface area (Å²) in [5.41, 5.74) is 0. The van der Waals surface area contributed by atoms with E-state index in [1.54, 1.807) is 0 Å². The van der Waals surface area contributed by atoms with Crippen molar-refractivity contribution in [3.63, 3.8) is 0 Å². The highest BCUT2D eigenvalue weighted by Gasteiger charge is 2.29. The van der Waals surface area contributed by atoms with Crippen molar-refractivity contribution in [3.05, 3.63) is 0 Å². The van der Waals surface area contributed by atoms with Crippen molar-refractivity contribution in [1.29, 1.82) is 0 Å². The van der Waals surface area contributed by atoms with Crippen LogP contribution in [0.3, 0.4) is 0 Å². The van der Waals surface area contributed by atoms with Crippen LogP contribution in [0.1, 0.15) is 19.8 Å². The van der Waals surface area contributed by atoms with Gasteiger partial charge >= 0.3 is 0 Å². The Hall–Kier alpha value is -0.120. The Labute approximate surface area is 93.8 Å². The van der Waals surface area contributed by atoms with Gasteiger partial charge in [0, 0.05) is 25.2 Å². The first kappa shape index (κ1) is 11.4. The lowest BCUT2D eigenvalue weighted by molar-refractivity contribution is 0.244. The summed E-state index contributed by atoms with van der Waals surface area (Å²) in [7, 11) is 4.40. The third-order valence-corrected chi connectivity index (χ3v) is 4.13. The van der Waals surface area contributed by atoms with E-state index in [9.17, 15) is 0 Å². The van der Waals surface area contributed by atoms with Crippen molar-refractivity contribution in [2.45, 2.75) is 31.8 Å². The lowest BCUT2D eigenvalue weighted by Crippen LogP contribution is -2.40. The average molecular weight is 211 g/mol. The van der Waals surface area contributed by atoms with Crippen LogP contribution >= 0.6 is 0 Å². The van der Waals surface area contributed by atoms with Crippen molar-refractivity contribution in [1.82, 2.24) is 15.1 Å². The first-order chi connectivity index (χ1) is 7.16. The van der Waals surface area contributed by atoms with Crippen LogP contribution in [0.5, 0.6) is 0 Å². The molecule has 3 heteroatoms. The van der Waals surface area contributed by atoms with Crippen molar-refractivity contribution in [3.8, 4) is 0 Å². The van der Waals surface area contributed by atoms with Crippen molar-refractivity contribution in [2.24, 2.45) is 5.92 Å². The predicted molar refractivity (Wildman–Crippen MR) is 64.1 cm³/mol. The second kappa shape index (κ2) is 4.81. The topological polar surface area (TPSA) is 18.5 Å². The maximum atomic E-state index is 3.62. The molecule has 0 spiro atoms. The second-order valence-corrected chi connectivity index (χ2v) is 5.49. The van der Waals surface area contributed by atoms with Gasteiger partial charge in [0.25, 0.3) is 0 Å². The molecule has 0 radical (unpaired) electrons. The summed E-state index contributed by atoms with van der Waals surface area (Å²) in [6, 6.07) is 1.52. The van der Waals surface area contributed by atoms with Gasteiger partial charge in [0.2, 0.25) is 0 Å². The molecule has 0 saturated carbocycles. The molecule has 2 saturated heterocycles. The molecule has 3 nitrogen and oxygen atoms in total. The van der Waals surface area contributed by atoms with E-state index in [0.717, 1.165) is 18.0 Å². The standard InChI is InChI=1S/C12H25N3/c1-10-4-6-13-12(10)9-15-7-5-11(8-15)14(2)3/h10-13H,4-9H2,1-3H3. The minimum absolute atomic E-state index is 0.742. The van der Waals surface area contributed by atoms with Crippen LogP contribution in [0.15, 0.2) is 0 Å². The van der Waals surface area contributed by atoms with Crippen LogP contribution < -0.4 is 5.32 Å². The lowest BCUT2D eigenvalue weighted by Gasteiger charge is -2.24. The molecule has 3 atom stereocenters. The Morgan fingerprint density at radius 3 is 2.67 bits per heavy atom. The fourth-order valence-corrected chi connectivity index (χ4v) is 2.82. The summed E-state index contributed by atoms with van der Waals surface area (Å²) in [4.78, 5) is 5.00. The summed E-state index contributed by atoms with van der Waals surface area (Å²) in [5.74, 6) is 0.864. The minimum Gasteiger partial charge on any atom is -0.312 e. The van der Waals surface area contributed by atoms with Gasteiger partial charge in [-0.25, -0.2) is 0 Å². The maximum absolute atomic E-state index is 3.62. The minimum atomic E-state index is 0.742. The van der Waals surface area contributed by atoms with Gasteiger partial charge in [-0.15, -0.1) is 0 Å². The van der Waals surface area contributed by atoms with Crippen LogP contribution in [0.2, 0.25) is 0 Å². The van der Waals surface area contributed by atoms with Gasteiger partial charge in [0.15, 0.2) is 0 Å². The summed E-state index contributed by atoms with van der Waals surface area (Å²) in [6.07, 6.45) is 2.70. The Morgan fingerprint density at radius 1 is 1.33 bits per heavy atom. The quantitative estimate of drug-likeness (QED) is 0.738. The molecule has 88 valence electrons. The predicted octanol–water partition coefficient (Wildman–Crippen LogP) is 0.620. The zero-order valence-corrected chi connectivity index (χ0v) is 10.4. The third kappa shape index (κ3) is 2.71. The first-order valence-corrected chi connectivity index (χ1v) is 6.29. The normalized spacial score (nSPS) is 38.0. The van der Waals surface area contributed by atoms with Gasteiger partial charge in [-0.05, 0) is 45.9 Å². The molecule has 0 aromatic rings. The lowest BCUT2D eigenvalue weighted by atomic mass is 10.0. The van der Waals surface area contributed by atoms with Crippen molar-refractivity contribution in [2.75, 3.05) is 40.3 Å². The largest absolute Gasteiger partial charge is 0.312 e. The molecule has 2 heterocycles. The fourth-order valence-electron chi connectivity index (χ4n) is 2.82. The van der Waals surface area contributed by atoms with Crippen LogP contribution in [0, 0.1) is 5.92 Å². The van der Waals surface area contributed by atoms with Crippen LogP contribution in [-0.4, -0.2) is 62.2 Å². The number of likely N-dealkylation sites (N-methyl/N-ethyl adjacent to an activating group) is 1.